The molecule has 5 nitrogen and oxygen atoms in total. The molecule has 0 aromatic heterocycles. The lowest BCUT2D eigenvalue weighted by Crippen LogP contribution is -2.37. The molecule has 7 heteroatoms. The molecule has 0 amide bonds. The van der Waals surface area contributed by atoms with Gasteiger partial charge in [-0.2, -0.15) is 0 Å². The molecule has 0 saturated carbocycles. The summed E-state index contributed by atoms with van der Waals surface area (Å²) in [5.74, 6) is -1.03. The van der Waals surface area contributed by atoms with Crippen LogP contribution >= 0.6 is 11.6 Å². The monoisotopic (exact) mass is 333 g/mol. The number of aromatic carboxylic acids is 1. The first-order valence-corrected chi connectivity index (χ1v) is 8.64. The van der Waals surface area contributed by atoms with Gasteiger partial charge in [0.15, 0.2) is 0 Å². The molecule has 1 atom stereocenters. The third kappa shape index (κ3) is 4.43. The first-order valence-electron chi connectivity index (χ1n) is 6.78. The van der Waals surface area contributed by atoms with Gasteiger partial charge in [0.05, 0.1) is 15.5 Å². The zero-order chi connectivity index (χ0) is 16.2. The van der Waals surface area contributed by atoms with Crippen LogP contribution in [0.1, 0.15) is 44.0 Å². The van der Waals surface area contributed by atoms with Gasteiger partial charge < -0.3 is 5.11 Å². The van der Waals surface area contributed by atoms with Crippen LogP contribution in [0.15, 0.2) is 23.1 Å². The van der Waals surface area contributed by atoms with E-state index in [-0.39, 0.29) is 27.4 Å². The molecule has 0 spiro atoms. The molecule has 1 rings (SSSR count). The van der Waals surface area contributed by atoms with Crippen molar-refractivity contribution >= 4 is 27.6 Å². The topological polar surface area (TPSA) is 83.5 Å². The molecule has 0 aliphatic carbocycles. The Hall–Kier alpha value is -1.11. The third-order valence-electron chi connectivity index (χ3n) is 3.58. The minimum Gasteiger partial charge on any atom is -0.478 e. The van der Waals surface area contributed by atoms with Crippen LogP contribution in [0.25, 0.3) is 0 Å². The van der Waals surface area contributed by atoms with Crippen molar-refractivity contribution in [1.82, 2.24) is 4.72 Å². The molecule has 0 radical (unpaired) electrons. The fourth-order valence-electron chi connectivity index (χ4n) is 2.24. The minimum absolute atomic E-state index is 0.00879. The van der Waals surface area contributed by atoms with Gasteiger partial charge in [-0.3, -0.25) is 0 Å². The van der Waals surface area contributed by atoms with Gasteiger partial charge in [-0.15, -0.1) is 0 Å². The largest absolute Gasteiger partial charge is 0.478 e. The summed E-state index contributed by atoms with van der Waals surface area (Å²) in [6.07, 6.45) is 1.72. The third-order valence-corrected chi connectivity index (χ3v) is 5.46. The zero-order valence-electron chi connectivity index (χ0n) is 12.3. The van der Waals surface area contributed by atoms with Crippen LogP contribution in [0.3, 0.4) is 0 Å². The lowest BCUT2D eigenvalue weighted by molar-refractivity contribution is 0.0697. The van der Waals surface area contributed by atoms with Crippen LogP contribution in [-0.2, 0) is 10.0 Å². The second-order valence-electron chi connectivity index (χ2n) is 4.93. The predicted molar refractivity (Wildman–Crippen MR) is 82.3 cm³/mol. The number of halogens is 1. The van der Waals surface area contributed by atoms with Gasteiger partial charge >= 0.3 is 5.97 Å². The molecule has 1 aromatic carbocycles. The summed E-state index contributed by atoms with van der Waals surface area (Å²) in [4.78, 5) is 10.9. The van der Waals surface area contributed by atoms with Gasteiger partial charge in [-0.25, -0.2) is 17.9 Å². The predicted octanol–water partition coefficient (Wildman–Crippen LogP) is 3.14. The number of hydrogen-bond acceptors (Lipinski definition) is 3. The first kappa shape index (κ1) is 17.9. The zero-order valence-corrected chi connectivity index (χ0v) is 13.8. The Kier molecular flexibility index (Phi) is 6.19. The van der Waals surface area contributed by atoms with Crippen LogP contribution in [0.2, 0.25) is 5.02 Å². The summed E-state index contributed by atoms with van der Waals surface area (Å²) < 4.78 is 27.2. The van der Waals surface area contributed by atoms with E-state index in [9.17, 15) is 13.2 Å². The van der Waals surface area contributed by atoms with Crippen molar-refractivity contribution in [3.05, 3.63) is 28.8 Å². The van der Waals surface area contributed by atoms with Gasteiger partial charge in [0.25, 0.3) is 0 Å². The second-order valence-corrected chi connectivity index (χ2v) is 7.05. The number of rotatable bonds is 7. The van der Waals surface area contributed by atoms with Crippen LogP contribution in [0.5, 0.6) is 0 Å². The van der Waals surface area contributed by atoms with Crippen LogP contribution in [0, 0.1) is 5.92 Å². The van der Waals surface area contributed by atoms with Crippen LogP contribution < -0.4 is 4.72 Å². The maximum Gasteiger partial charge on any atom is 0.337 e. The van der Waals surface area contributed by atoms with E-state index in [0.29, 0.717) is 0 Å². The van der Waals surface area contributed by atoms with Gasteiger partial charge in [-0.1, -0.05) is 38.3 Å². The second kappa shape index (κ2) is 7.24. The smallest absolute Gasteiger partial charge is 0.337 e. The van der Waals surface area contributed by atoms with E-state index in [1.54, 1.807) is 0 Å². The molecular formula is C14H20ClNO4S. The van der Waals surface area contributed by atoms with E-state index in [0.717, 1.165) is 18.9 Å². The van der Waals surface area contributed by atoms with Crippen molar-refractivity contribution in [3.8, 4) is 0 Å². The fourth-order valence-corrected chi connectivity index (χ4v) is 3.78. The Morgan fingerprint density at radius 1 is 1.33 bits per heavy atom. The number of benzene rings is 1. The highest BCUT2D eigenvalue weighted by atomic mass is 35.5. The molecule has 0 heterocycles. The summed E-state index contributed by atoms with van der Waals surface area (Å²) >= 11 is 5.75. The number of carboxylic acids is 1. The summed E-state index contributed by atoms with van der Waals surface area (Å²) in [6, 6.07) is 3.43. The van der Waals surface area contributed by atoms with E-state index in [2.05, 4.69) is 4.72 Å². The molecule has 1 unspecified atom stereocenters. The number of carbonyl (C=O) groups is 1. The Labute approximate surface area is 130 Å². The SMILES string of the molecule is CCC(CC)C(C)NS(=O)(=O)c1ccc(Cl)c(C(=O)O)c1. The van der Waals surface area contributed by atoms with Crippen LogP contribution in [-0.4, -0.2) is 25.5 Å². The lowest BCUT2D eigenvalue weighted by atomic mass is 9.96. The van der Waals surface area contributed by atoms with Crippen LogP contribution in [0.4, 0.5) is 0 Å². The van der Waals surface area contributed by atoms with Crippen molar-refractivity contribution < 1.29 is 18.3 Å². The average Bonchev–Trinajstić information content (AvgIpc) is 2.39. The molecule has 0 aliphatic heterocycles. The number of carboxylic acid groups (broad SMARTS) is 1. The standard InChI is InChI=1S/C14H20ClNO4S/c1-4-10(5-2)9(3)16-21(19,20)11-6-7-13(15)12(8-11)14(17)18/h6-10,16H,4-5H2,1-3H3,(H,17,18). The van der Waals surface area contributed by atoms with Crippen molar-refractivity contribution in [1.29, 1.82) is 0 Å². The normalized spacial score (nSPS) is 13.4. The molecule has 21 heavy (non-hydrogen) atoms. The van der Waals surface area contributed by atoms with Gasteiger partial charge in [-0.05, 0) is 31.0 Å². The quantitative estimate of drug-likeness (QED) is 0.803. The number of hydrogen-bond donors (Lipinski definition) is 2. The van der Waals surface area contributed by atoms with Crippen molar-refractivity contribution in [2.75, 3.05) is 0 Å². The molecule has 0 saturated heterocycles. The molecule has 0 aliphatic rings. The van der Waals surface area contributed by atoms with Gasteiger partial charge in [0.1, 0.15) is 0 Å². The van der Waals surface area contributed by atoms with Crippen molar-refractivity contribution in [2.45, 2.75) is 44.6 Å². The van der Waals surface area contributed by atoms with E-state index in [4.69, 9.17) is 16.7 Å². The Morgan fingerprint density at radius 2 is 1.90 bits per heavy atom. The maximum absolute atomic E-state index is 12.3. The van der Waals surface area contributed by atoms with E-state index >= 15 is 0 Å². The minimum atomic E-state index is -3.77. The highest BCUT2D eigenvalue weighted by Crippen LogP contribution is 2.22. The maximum atomic E-state index is 12.3. The first-order chi connectivity index (χ1) is 9.72. The van der Waals surface area contributed by atoms with Gasteiger partial charge in [0.2, 0.25) is 10.0 Å². The van der Waals surface area contributed by atoms with Crippen molar-refractivity contribution in [3.63, 3.8) is 0 Å². The summed E-state index contributed by atoms with van der Waals surface area (Å²) in [5.41, 5.74) is -0.227. The molecular weight excluding hydrogens is 314 g/mol. The number of sulfonamides is 1. The Balaban J connectivity index is 3.09. The Morgan fingerprint density at radius 3 is 2.38 bits per heavy atom. The van der Waals surface area contributed by atoms with Crippen molar-refractivity contribution in [2.24, 2.45) is 5.92 Å². The average molecular weight is 334 g/mol. The molecule has 1 aromatic rings. The highest BCUT2D eigenvalue weighted by molar-refractivity contribution is 7.89. The molecule has 118 valence electrons. The lowest BCUT2D eigenvalue weighted by Gasteiger charge is -2.22. The summed E-state index contributed by atoms with van der Waals surface area (Å²) in [5, 5.41) is 9.01. The highest BCUT2D eigenvalue weighted by Gasteiger charge is 2.23. The van der Waals surface area contributed by atoms with E-state index < -0.39 is 16.0 Å². The molecule has 2 N–H and O–H groups in total. The fraction of sp³-hybridized carbons (Fsp3) is 0.500. The summed E-state index contributed by atoms with van der Waals surface area (Å²) in [7, 11) is -3.77. The molecule has 0 fully saturated rings. The number of nitrogens with one attached hydrogen (secondary N) is 1. The van der Waals surface area contributed by atoms with E-state index in [1.165, 1.54) is 12.1 Å². The van der Waals surface area contributed by atoms with E-state index in [1.807, 2.05) is 20.8 Å². The Bertz CT molecular complexity index is 611. The molecule has 0 bridgehead atoms. The summed E-state index contributed by atoms with van der Waals surface area (Å²) in [6.45, 7) is 5.82. The van der Waals surface area contributed by atoms with Gasteiger partial charge in [0, 0.05) is 6.04 Å².